The fraction of sp³-hybridized carbons (Fsp3) is 0.818. The molecule has 0 aliphatic carbocycles. The molecule has 5 N–H and O–H groups in total. The molecule has 34 heavy (non-hydrogen) atoms. The van der Waals surface area contributed by atoms with Gasteiger partial charge in [0.25, 0.3) is 0 Å². The van der Waals surface area contributed by atoms with E-state index in [-0.39, 0.29) is 11.7 Å². The Hall–Kier alpha value is -1.73. The molecule has 5 atom stereocenters. The number of nitrogens with zero attached hydrogens (tertiary/aromatic N) is 3. The Bertz CT molecular complexity index is 751. The van der Waals surface area contributed by atoms with Gasteiger partial charge in [-0.3, -0.25) is 9.59 Å². The van der Waals surface area contributed by atoms with Crippen LogP contribution in [0.2, 0.25) is 0 Å². The van der Waals surface area contributed by atoms with E-state index in [4.69, 9.17) is 4.74 Å². The monoisotopic (exact) mass is 501 g/mol. The molecule has 0 radical (unpaired) electrons. The first-order chi connectivity index (χ1) is 16.4. The second-order valence-corrected chi connectivity index (χ2v) is 9.66. The van der Waals surface area contributed by atoms with Gasteiger partial charge in [-0.1, -0.05) is 51.2 Å². The van der Waals surface area contributed by atoms with Gasteiger partial charge in [-0.25, -0.2) is 4.68 Å². The number of amides is 2. The Morgan fingerprint density at radius 3 is 2.56 bits per heavy atom. The maximum atomic E-state index is 12.9. The zero-order valence-electron chi connectivity index (χ0n) is 20.1. The molecule has 1 fully saturated rings. The van der Waals surface area contributed by atoms with Crippen LogP contribution in [0, 0.1) is 0 Å². The highest BCUT2D eigenvalue weighted by molar-refractivity contribution is 7.99. The molecule has 2 amide bonds. The fourth-order valence-electron chi connectivity index (χ4n) is 3.63. The van der Waals surface area contributed by atoms with E-state index in [9.17, 15) is 24.9 Å². The van der Waals surface area contributed by atoms with E-state index in [1.807, 2.05) is 0 Å². The van der Waals surface area contributed by atoms with Crippen molar-refractivity contribution in [1.29, 1.82) is 0 Å². The second-order valence-electron chi connectivity index (χ2n) is 8.51. The van der Waals surface area contributed by atoms with Crippen molar-refractivity contribution in [2.45, 2.75) is 95.8 Å². The van der Waals surface area contributed by atoms with E-state index in [1.54, 1.807) is 11.8 Å². The molecule has 1 unspecified atom stereocenters. The quantitative estimate of drug-likeness (QED) is 0.210. The Morgan fingerprint density at radius 2 is 1.88 bits per heavy atom. The minimum absolute atomic E-state index is 0.124. The number of ether oxygens (including phenoxy) is 1. The zero-order valence-corrected chi connectivity index (χ0v) is 20.9. The van der Waals surface area contributed by atoms with Crippen LogP contribution < -0.4 is 10.6 Å². The van der Waals surface area contributed by atoms with Gasteiger partial charge >= 0.3 is 0 Å². The Morgan fingerprint density at radius 1 is 1.15 bits per heavy atom. The molecule has 2 rings (SSSR count). The number of aliphatic hydroxyl groups is 3. The van der Waals surface area contributed by atoms with E-state index in [0.29, 0.717) is 12.2 Å². The van der Waals surface area contributed by atoms with Crippen molar-refractivity contribution in [2.75, 3.05) is 23.4 Å². The van der Waals surface area contributed by atoms with Crippen molar-refractivity contribution in [3.05, 3.63) is 6.20 Å². The van der Waals surface area contributed by atoms with Gasteiger partial charge in [0.1, 0.15) is 24.4 Å². The number of anilines is 1. The number of hydrogen-bond donors (Lipinski definition) is 5. The molecule has 11 nitrogen and oxygen atoms in total. The van der Waals surface area contributed by atoms with Crippen LogP contribution in [0.5, 0.6) is 0 Å². The van der Waals surface area contributed by atoms with Crippen LogP contribution in [0.4, 0.5) is 5.82 Å². The summed E-state index contributed by atoms with van der Waals surface area (Å²) in [5.41, 5.74) is 0. The lowest BCUT2D eigenvalue weighted by atomic mass is 10.1. The third-order valence-corrected chi connectivity index (χ3v) is 6.85. The lowest BCUT2D eigenvalue weighted by Crippen LogP contribution is -2.45. The van der Waals surface area contributed by atoms with Crippen LogP contribution in [-0.4, -0.2) is 84.6 Å². The molecule has 0 aromatic carbocycles. The summed E-state index contributed by atoms with van der Waals surface area (Å²) in [7, 11) is 0. The highest BCUT2D eigenvalue weighted by Crippen LogP contribution is 2.29. The molecular weight excluding hydrogens is 462 g/mol. The molecule has 2 heterocycles. The van der Waals surface area contributed by atoms with E-state index in [0.717, 1.165) is 31.4 Å². The summed E-state index contributed by atoms with van der Waals surface area (Å²) in [6.07, 6.45) is 4.64. The molecule has 0 spiro atoms. The third-order valence-electron chi connectivity index (χ3n) is 5.58. The maximum Gasteiger partial charge on any atom is 0.249 e. The van der Waals surface area contributed by atoms with Crippen LogP contribution in [0.25, 0.3) is 0 Å². The number of carbonyl (C=O) groups excluding carboxylic acids is 2. The highest BCUT2D eigenvalue weighted by atomic mass is 32.2. The van der Waals surface area contributed by atoms with Crippen LogP contribution in [0.15, 0.2) is 6.20 Å². The number of hydrogen-bond acceptors (Lipinski definition) is 9. The molecule has 1 aromatic heterocycles. The topological polar surface area (TPSA) is 159 Å². The molecular formula is C22H39N5O6S. The molecule has 1 aliphatic heterocycles. The summed E-state index contributed by atoms with van der Waals surface area (Å²) in [4.78, 5) is 25.3. The largest absolute Gasteiger partial charge is 0.394 e. The SMILES string of the molecule is CCCCCCCCC(=O)N[C@H](CSCCC)C(=O)Nc1cn([C@H]2OC(CO)[C@@H](O)[C@H]2O)nn1. The van der Waals surface area contributed by atoms with Crippen molar-refractivity contribution < 1.29 is 29.6 Å². The Labute approximate surface area is 205 Å². The number of rotatable bonds is 16. The summed E-state index contributed by atoms with van der Waals surface area (Å²) in [6, 6.07) is -0.719. The standard InChI is InChI=1S/C22H39N5O6S/c1-3-5-6-7-8-9-10-18(29)23-15(14-34-11-4-2)21(32)24-17-12-27(26-25-17)22-20(31)19(30)16(13-28)33-22/h12,15-16,19-20,22,28,30-31H,3-11,13-14H2,1-2H3,(H,23,29)(H,24,32)/t15-,16?,19-,20-,22+/m1/s1. The van der Waals surface area contributed by atoms with Crippen LogP contribution >= 0.6 is 11.8 Å². The first kappa shape index (κ1) is 28.5. The van der Waals surface area contributed by atoms with Crippen LogP contribution in [0.1, 0.15) is 71.4 Å². The molecule has 12 heteroatoms. The van der Waals surface area contributed by atoms with Gasteiger partial charge in [-0.15, -0.1) is 5.10 Å². The van der Waals surface area contributed by atoms with Crippen LogP contribution in [-0.2, 0) is 14.3 Å². The number of thioether (sulfide) groups is 1. The fourth-order valence-corrected chi connectivity index (χ4v) is 4.56. The zero-order chi connectivity index (χ0) is 24.9. The molecule has 1 aliphatic rings. The number of unbranched alkanes of at least 4 members (excludes halogenated alkanes) is 5. The van der Waals surface area contributed by atoms with Gasteiger partial charge in [-0.2, -0.15) is 11.8 Å². The summed E-state index contributed by atoms with van der Waals surface area (Å²) in [5.74, 6) is 0.873. The van der Waals surface area contributed by atoms with Gasteiger partial charge in [0, 0.05) is 12.2 Å². The third kappa shape index (κ3) is 8.81. The van der Waals surface area contributed by atoms with Gasteiger partial charge < -0.3 is 30.7 Å². The smallest absolute Gasteiger partial charge is 0.249 e. The first-order valence-corrected chi connectivity index (χ1v) is 13.3. The van der Waals surface area contributed by atoms with Crippen LogP contribution in [0.3, 0.4) is 0 Å². The average Bonchev–Trinajstić information content (AvgIpc) is 3.39. The molecule has 0 saturated carbocycles. The second kappa shape index (κ2) is 15.3. The highest BCUT2D eigenvalue weighted by Gasteiger charge is 2.44. The lowest BCUT2D eigenvalue weighted by molar-refractivity contribution is -0.126. The van der Waals surface area contributed by atoms with Crippen molar-refractivity contribution >= 4 is 29.4 Å². The van der Waals surface area contributed by atoms with E-state index < -0.39 is 43.1 Å². The number of carbonyl (C=O) groups is 2. The lowest BCUT2D eigenvalue weighted by Gasteiger charge is -2.17. The van der Waals surface area contributed by atoms with E-state index >= 15 is 0 Å². The molecule has 194 valence electrons. The van der Waals surface area contributed by atoms with Crippen molar-refractivity contribution in [1.82, 2.24) is 20.3 Å². The Balaban J connectivity index is 1.90. The van der Waals surface area contributed by atoms with Crippen molar-refractivity contribution in [2.24, 2.45) is 0 Å². The minimum Gasteiger partial charge on any atom is -0.394 e. The van der Waals surface area contributed by atoms with Crippen molar-refractivity contribution in [3.63, 3.8) is 0 Å². The maximum absolute atomic E-state index is 12.9. The number of aromatic nitrogens is 3. The minimum atomic E-state index is -1.30. The van der Waals surface area contributed by atoms with Crippen molar-refractivity contribution in [3.8, 4) is 0 Å². The van der Waals surface area contributed by atoms with Gasteiger partial charge in [0.05, 0.1) is 12.8 Å². The summed E-state index contributed by atoms with van der Waals surface area (Å²) < 4.78 is 6.59. The molecule has 1 aromatic rings. The summed E-state index contributed by atoms with van der Waals surface area (Å²) >= 11 is 1.59. The predicted octanol–water partition coefficient (Wildman–Crippen LogP) is 1.21. The predicted molar refractivity (Wildman–Crippen MR) is 129 cm³/mol. The molecule has 1 saturated heterocycles. The number of aliphatic hydroxyl groups excluding tert-OH is 3. The Kier molecular flexibility index (Phi) is 12.8. The van der Waals surface area contributed by atoms with E-state index in [2.05, 4.69) is 34.8 Å². The van der Waals surface area contributed by atoms with E-state index in [1.165, 1.54) is 30.1 Å². The van der Waals surface area contributed by atoms with Gasteiger partial charge in [-0.05, 0) is 18.6 Å². The van der Waals surface area contributed by atoms with Gasteiger partial charge in [0.2, 0.25) is 11.8 Å². The average molecular weight is 502 g/mol. The summed E-state index contributed by atoms with van der Waals surface area (Å²) in [6.45, 7) is 3.76. The first-order valence-electron chi connectivity index (χ1n) is 12.1. The molecule has 0 bridgehead atoms. The summed E-state index contributed by atoms with van der Waals surface area (Å²) in [5, 5.41) is 42.5. The number of nitrogens with one attached hydrogen (secondary N) is 2. The normalized spacial score (nSPS) is 23.1. The van der Waals surface area contributed by atoms with Gasteiger partial charge in [0.15, 0.2) is 12.0 Å².